The molecule has 1 unspecified atom stereocenters. The van der Waals surface area contributed by atoms with Crippen LogP contribution in [0, 0.1) is 0 Å². The monoisotopic (exact) mass is 227 g/mol. The van der Waals surface area contributed by atoms with E-state index in [1.807, 2.05) is 12.1 Å². The van der Waals surface area contributed by atoms with Gasteiger partial charge in [0.2, 0.25) is 0 Å². The maximum atomic E-state index is 12.4. The number of aromatic nitrogens is 1. The Hall–Kier alpha value is -1.43. The fraction of sp³-hybridized carbons (Fsp3) is 0.200. The number of hydrogen-bond acceptors (Lipinski definition) is 1. The van der Waals surface area contributed by atoms with Gasteiger partial charge in [0.25, 0.3) is 0 Å². The molecule has 1 aromatic carbocycles. The zero-order chi connectivity index (χ0) is 11.8. The zero-order valence-electron chi connectivity index (χ0n) is 8.46. The van der Waals surface area contributed by atoms with Crippen LogP contribution in [0.25, 0.3) is 10.9 Å². The largest absolute Gasteiger partial charge is 0.494 e. The van der Waals surface area contributed by atoms with E-state index in [-0.39, 0.29) is 6.42 Å². The van der Waals surface area contributed by atoms with E-state index >= 15 is 0 Å². The van der Waals surface area contributed by atoms with Gasteiger partial charge in [-0.05, 0) is 24.0 Å². The summed E-state index contributed by atoms with van der Waals surface area (Å²) in [6, 6.07) is 7.24. The first-order chi connectivity index (χ1) is 7.48. The Morgan fingerprint density at radius 3 is 2.62 bits per heavy atom. The highest BCUT2D eigenvalue weighted by Crippen LogP contribution is 2.22. The standard InChI is InChI=1S/C10H11BF3N2/c12-11(13,14)10(15)5-7-6-16-9-4-2-1-3-8(7)9/h1-4,6,10,16H,5,15H2/q-1. The number of nitrogens with two attached hydrogens (primary N) is 1. The third kappa shape index (κ3) is 2.06. The predicted molar refractivity (Wildman–Crippen MR) is 59.1 cm³/mol. The fourth-order valence-electron chi connectivity index (χ4n) is 1.69. The Balaban J connectivity index is 2.28. The van der Waals surface area contributed by atoms with E-state index in [1.165, 1.54) is 0 Å². The zero-order valence-corrected chi connectivity index (χ0v) is 8.46. The van der Waals surface area contributed by atoms with Crippen LogP contribution >= 0.6 is 0 Å². The summed E-state index contributed by atoms with van der Waals surface area (Å²) < 4.78 is 37.1. The van der Waals surface area contributed by atoms with Crippen LogP contribution in [0.1, 0.15) is 5.56 Å². The van der Waals surface area contributed by atoms with Gasteiger partial charge < -0.3 is 23.7 Å². The number of halogens is 3. The molecule has 0 saturated heterocycles. The third-order valence-electron chi connectivity index (χ3n) is 2.62. The summed E-state index contributed by atoms with van der Waals surface area (Å²) in [4.78, 5) is 2.93. The SMILES string of the molecule is NC(Cc1c[nH]c2ccccc12)[B-](F)(F)F. The van der Waals surface area contributed by atoms with Crippen molar-refractivity contribution in [1.29, 1.82) is 0 Å². The Morgan fingerprint density at radius 1 is 1.25 bits per heavy atom. The lowest BCUT2D eigenvalue weighted by atomic mass is 9.76. The first kappa shape index (κ1) is 11.1. The molecule has 2 nitrogen and oxygen atoms in total. The second kappa shape index (κ2) is 3.86. The molecular formula is C10H11BF3N2-. The second-order valence-electron chi connectivity index (χ2n) is 3.85. The number of rotatable bonds is 3. The van der Waals surface area contributed by atoms with Gasteiger partial charge in [-0.1, -0.05) is 18.2 Å². The molecule has 0 aliphatic carbocycles. The summed E-state index contributed by atoms with van der Waals surface area (Å²) in [7, 11) is 0. The van der Waals surface area contributed by atoms with Crippen molar-refractivity contribution in [3.05, 3.63) is 36.0 Å². The van der Waals surface area contributed by atoms with E-state index < -0.39 is 12.9 Å². The first-order valence-corrected chi connectivity index (χ1v) is 4.99. The summed E-state index contributed by atoms with van der Waals surface area (Å²) >= 11 is 0. The van der Waals surface area contributed by atoms with Gasteiger partial charge in [-0.15, -0.1) is 0 Å². The molecule has 1 atom stereocenters. The van der Waals surface area contributed by atoms with Crippen LogP contribution in [0.4, 0.5) is 12.9 Å². The molecule has 86 valence electrons. The molecule has 0 amide bonds. The molecule has 0 fully saturated rings. The molecule has 16 heavy (non-hydrogen) atoms. The molecule has 6 heteroatoms. The lowest BCUT2D eigenvalue weighted by Gasteiger charge is -2.22. The molecule has 0 radical (unpaired) electrons. The second-order valence-corrected chi connectivity index (χ2v) is 3.85. The number of H-pyrrole nitrogens is 1. The van der Waals surface area contributed by atoms with E-state index in [0.717, 1.165) is 10.9 Å². The van der Waals surface area contributed by atoms with E-state index in [2.05, 4.69) is 4.98 Å². The highest BCUT2D eigenvalue weighted by Gasteiger charge is 2.32. The number of para-hydroxylation sites is 1. The Kier molecular flexibility index (Phi) is 2.67. The smallest absolute Gasteiger partial charge is 0.448 e. The van der Waals surface area contributed by atoms with Gasteiger partial charge in [0.05, 0.1) is 0 Å². The maximum absolute atomic E-state index is 12.4. The maximum Gasteiger partial charge on any atom is 0.494 e. The summed E-state index contributed by atoms with van der Waals surface area (Å²) in [6.45, 7) is -4.97. The Morgan fingerprint density at radius 2 is 1.94 bits per heavy atom. The number of nitrogens with one attached hydrogen (secondary N) is 1. The van der Waals surface area contributed by atoms with Gasteiger partial charge >= 0.3 is 6.98 Å². The molecule has 1 aromatic heterocycles. The van der Waals surface area contributed by atoms with Crippen molar-refractivity contribution >= 4 is 17.9 Å². The minimum absolute atomic E-state index is 0.173. The highest BCUT2D eigenvalue weighted by molar-refractivity contribution is 6.60. The lowest BCUT2D eigenvalue weighted by molar-refractivity contribution is 0.436. The molecule has 0 saturated carbocycles. The van der Waals surface area contributed by atoms with Crippen LogP contribution < -0.4 is 5.73 Å². The molecule has 0 spiro atoms. The van der Waals surface area contributed by atoms with Crippen LogP contribution in [-0.2, 0) is 6.42 Å². The molecule has 1 heterocycles. The molecule has 3 N–H and O–H groups in total. The molecule has 0 aliphatic heterocycles. The van der Waals surface area contributed by atoms with E-state index in [1.54, 1.807) is 18.3 Å². The van der Waals surface area contributed by atoms with E-state index in [0.29, 0.717) is 5.56 Å². The first-order valence-electron chi connectivity index (χ1n) is 4.99. The molecule has 2 aromatic rings. The average Bonchev–Trinajstić information content (AvgIpc) is 2.61. The average molecular weight is 227 g/mol. The van der Waals surface area contributed by atoms with Crippen LogP contribution in [-0.4, -0.2) is 17.9 Å². The van der Waals surface area contributed by atoms with Gasteiger partial charge in [0.15, 0.2) is 0 Å². The van der Waals surface area contributed by atoms with Crippen LogP contribution in [0.15, 0.2) is 30.5 Å². The lowest BCUT2D eigenvalue weighted by Crippen LogP contribution is -2.44. The highest BCUT2D eigenvalue weighted by atomic mass is 19.4. The number of benzene rings is 1. The Bertz CT molecular complexity index is 492. The summed E-state index contributed by atoms with van der Waals surface area (Å²) in [5.41, 5.74) is 6.57. The van der Waals surface area contributed by atoms with Crippen molar-refractivity contribution in [3.8, 4) is 0 Å². The predicted octanol–water partition coefficient (Wildman–Crippen LogP) is 2.42. The minimum Gasteiger partial charge on any atom is -0.448 e. The normalized spacial score (nSPS) is 14.2. The summed E-state index contributed by atoms with van der Waals surface area (Å²) in [6.07, 6.45) is 1.42. The minimum atomic E-state index is -4.97. The number of hydrogen-bond donors (Lipinski definition) is 2. The van der Waals surface area contributed by atoms with Crippen molar-refractivity contribution in [1.82, 2.24) is 4.98 Å². The number of aromatic amines is 1. The van der Waals surface area contributed by atoms with Crippen molar-refractivity contribution in [2.45, 2.75) is 12.4 Å². The topological polar surface area (TPSA) is 41.8 Å². The van der Waals surface area contributed by atoms with Crippen molar-refractivity contribution in [3.63, 3.8) is 0 Å². The summed E-state index contributed by atoms with van der Waals surface area (Å²) in [5.74, 6) is -1.75. The number of fused-ring (bicyclic) bond motifs is 1. The van der Waals surface area contributed by atoms with Gasteiger partial charge in [0, 0.05) is 17.1 Å². The van der Waals surface area contributed by atoms with Crippen LogP contribution in [0.3, 0.4) is 0 Å². The van der Waals surface area contributed by atoms with Gasteiger partial charge in [0.1, 0.15) is 0 Å². The molecule has 0 bridgehead atoms. The fourth-order valence-corrected chi connectivity index (χ4v) is 1.69. The summed E-state index contributed by atoms with van der Waals surface area (Å²) in [5, 5.41) is 0.804. The van der Waals surface area contributed by atoms with Gasteiger partial charge in [-0.3, -0.25) is 0 Å². The molecule has 0 aliphatic rings. The molecular weight excluding hydrogens is 216 g/mol. The van der Waals surface area contributed by atoms with Crippen LogP contribution in [0.2, 0.25) is 0 Å². The van der Waals surface area contributed by atoms with Crippen molar-refractivity contribution in [2.75, 3.05) is 0 Å². The van der Waals surface area contributed by atoms with Crippen molar-refractivity contribution < 1.29 is 12.9 Å². The van der Waals surface area contributed by atoms with Crippen LogP contribution in [0.5, 0.6) is 0 Å². The van der Waals surface area contributed by atoms with E-state index in [9.17, 15) is 12.9 Å². The van der Waals surface area contributed by atoms with E-state index in [4.69, 9.17) is 5.73 Å². The van der Waals surface area contributed by atoms with Crippen molar-refractivity contribution in [2.24, 2.45) is 5.73 Å². The quantitative estimate of drug-likeness (QED) is 0.776. The molecule has 2 rings (SSSR count). The Labute approximate surface area is 90.7 Å². The van der Waals surface area contributed by atoms with Gasteiger partial charge in [-0.2, -0.15) is 0 Å². The van der Waals surface area contributed by atoms with Gasteiger partial charge in [-0.25, -0.2) is 0 Å². The third-order valence-corrected chi connectivity index (χ3v) is 2.62.